The zero-order chi connectivity index (χ0) is 23.6. The number of ether oxygens (including phenoxy) is 1. The molecule has 170 valence electrons. The van der Waals surface area contributed by atoms with Crippen LogP contribution in [0.25, 0.3) is 0 Å². The van der Waals surface area contributed by atoms with E-state index in [2.05, 4.69) is 10.6 Å². The van der Waals surface area contributed by atoms with Crippen molar-refractivity contribution in [3.8, 4) is 0 Å². The molecule has 0 radical (unpaired) electrons. The van der Waals surface area contributed by atoms with Crippen LogP contribution in [0, 0.1) is 5.82 Å². The topological polar surface area (TPSA) is 84.5 Å². The number of carbonyl (C=O) groups is 3. The van der Waals surface area contributed by atoms with Gasteiger partial charge in [-0.15, -0.1) is 11.8 Å². The van der Waals surface area contributed by atoms with E-state index < -0.39 is 23.8 Å². The van der Waals surface area contributed by atoms with Gasteiger partial charge in [-0.05, 0) is 48.9 Å². The molecule has 3 rings (SSSR count). The van der Waals surface area contributed by atoms with Crippen LogP contribution in [-0.4, -0.2) is 29.6 Å². The van der Waals surface area contributed by atoms with Crippen molar-refractivity contribution in [1.29, 1.82) is 0 Å². The summed E-state index contributed by atoms with van der Waals surface area (Å²) < 4.78 is 18.3. The van der Waals surface area contributed by atoms with Gasteiger partial charge in [-0.2, -0.15) is 0 Å². The van der Waals surface area contributed by atoms with Gasteiger partial charge >= 0.3 is 5.97 Å². The maximum atomic E-state index is 13.0. The Morgan fingerprint density at radius 1 is 0.939 bits per heavy atom. The second-order valence-electron chi connectivity index (χ2n) is 7.09. The third kappa shape index (κ3) is 7.47. The number of amides is 2. The largest absolute Gasteiger partial charge is 0.449 e. The summed E-state index contributed by atoms with van der Waals surface area (Å²) in [6.45, 7) is 1.83. The molecule has 0 aliphatic rings. The molecule has 3 aromatic carbocycles. The number of esters is 1. The molecule has 3 aromatic rings. The summed E-state index contributed by atoms with van der Waals surface area (Å²) in [6, 6.07) is 21.6. The SMILES string of the molecule is CC(OC(=O)c1ccccc1SCC(=O)Nc1ccc(F)cc1)C(=O)NCc1ccccc1. The van der Waals surface area contributed by atoms with E-state index in [0.29, 0.717) is 17.1 Å². The number of carbonyl (C=O) groups excluding carboxylic acids is 3. The molecule has 2 amide bonds. The van der Waals surface area contributed by atoms with Crippen LogP contribution < -0.4 is 10.6 Å². The van der Waals surface area contributed by atoms with Crippen LogP contribution in [0.4, 0.5) is 10.1 Å². The molecule has 0 aromatic heterocycles. The molecule has 1 unspecified atom stereocenters. The highest BCUT2D eigenvalue weighted by Crippen LogP contribution is 2.24. The number of halogens is 1. The van der Waals surface area contributed by atoms with Gasteiger partial charge in [-0.25, -0.2) is 9.18 Å². The Bertz CT molecular complexity index is 1110. The number of rotatable bonds is 9. The lowest BCUT2D eigenvalue weighted by atomic mass is 10.2. The Kier molecular flexibility index (Phi) is 8.60. The lowest BCUT2D eigenvalue weighted by Gasteiger charge is -2.15. The van der Waals surface area contributed by atoms with E-state index in [0.717, 1.165) is 17.3 Å². The number of hydrogen-bond donors (Lipinski definition) is 2. The summed E-state index contributed by atoms with van der Waals surface area (Å²) in [4.78, 5) is 37.7. The van der Waals surface area contributed by atoms with Gasteiger partial charge in [-0.3, -0.25) is 9.59 Å². The maximum Gasteiger partial charge on any atom is 0.340 e. The van der Waals surface area contributed by atoms with Crippen LogP contribution in [0.5, 0.6) is 0 Å². The Morgan fingerprint density at radius 2 is 1.61 bits per heavy atom. The van der Waals surface area contributed by atoms with Gasteiger partial charge < -0.3 is 15.4 Å². The molecular weight excluding hydrogens is 443 g/mol. The molecule has 0 aliphatic carbocycles. The van der Waals surface area contributed by atoms with Crippen molar-refractivity contribution in [3.63, 3.8) is 0 Å². The maximum absolute atomic E-state index is 13.0. The molecule has 0 saturated heterocycles. The highest BCUT2D eigenvalue weighted by Gasteiger charge is 2.21. The van der Waals surface area contributed by atoms with Crippen molar-refractivity contribution in [2.75, 3.05) is 11.1 Å². The standard InChI is InChI=1S/C25H23FN2O4S/c1-17(24(30)27-15-18-7-3-2-4-8-18)32-25(31)21-9-5-6-10-22(21)33-16-23(29)28-20-13-11-19(26)12-14-20/h2-14,17H,15-16H2,1H3,(H,27,30)(H,28,29). The number of thioether (sulfide) groups is 1. The molecule has 0 bridgehead atoms. The summed E-state index contributed by atoms with van der Waals surface area (Å²) in [5.74, 6) is -1.72. The van der Waals surface area contributed by atoms with Crippen molar-refractivity contribution >= 4 is 35.2 Å². The first kappa shape index (κ1) is 24.0. The lowest BCUT2D eigenvalue weighted by Crippen LogP contribution is -2.35. The fourth-order valence-electron chi connectivity index (χ4n) is 2.84. The predicted molar refractivity (Wildman–Crippen MR) is 125 cm³/mol. The van der Waals surface area contributed by atoms with Crippen LogP contribution in [0.2, 0.25) is 0 Å². The molecule has 0 spiro atoms. The van der Waals surface area contributed by atoms with Gasteiger partial charge in [-0.1, -0.05) is 42.5 Å². The molecule has 0 saturated carbocycles. The van der Waals surface area contributed by atoms with E-state index in [1.54, 1.807) is 24.3 Å². The fraction of sp³-hybridized carbons (Fsp3) is 0.160. The Hall–Kier alpha value is -3.65. The highest BCUT2D eigenvalue weighted by atomic mass is 32.2. The molecule has 0 fully saturated rings. The second-order valence-corrected chi connectivity index (χ2v) is 8.11. The molecule has 0 heterocycles. The van der Waals surface area contributed by atoms with E-state index in [1.165, 1.54) is 31.2 Å². The Balaban J connectivity index is 1.53. The van der Waals surface area contributed by atoms with Crippen molar-refractivity contribution in [2.24, 2.45) is 0 Å². The molecule has 33 heavy (non-hydrogen) atoms. The van der Waals surface area contributed by atoms with Gasteiger partial charge in [0, 0.05) is 17.1 Å². The summed E-state index contributed by atoms with van der Waals surface area (Å²) in [5.41, 5.74) is 1.68. The molecule has 8 heteroatoms. The Morgan fingerprint density at radius 3 is 2.33 bits per heavy atom. The predicted octanol–water partition coefficient (Wildman–Crippen LogP) is 4.42. The van der Waals surface area contributed by atoms with Crippen molar-refractivity contribution in [1.82, 2.24) is 5.32 Å². The van der Waals surface area contributed by atoms with E-state index >= 15 is 0 Å². The quantitative estimate of drug-likeness (QED) is 0.360. The van der Waals surface area contributed by atoms with Crippen LogP contribution in [0.1, 0.15) is 22.8 Å². The van der Waals surface area contributed by atoms with Crippen LogP contribution in [0.3, 0.4) is 0 Å². The van der Waals surface area contributed by atoms with Crippen LogP contribution in [0.15, 0.2) is 83.8 Å². The van der Waals surface area contributed by atoms with Gasteiger partial charge in [0.25, 0.3) is 5.91 Å². The van der Waals surface area contributed by atoms with Gasteiger partial charge in [0.1, 0.15) is 5.82 Å². The summed E-state index contributed by atoms with van der Waals surface area (Å²) >= 11 is 1.16. The molecular formula is C25H23FN2O4S. The molecule has 6 nitrogen and oxygen atoms in total. The highest BCUT2D eigenvalue weighted by molar-refractivity contribution is 8.00. The zero-order valence-corrected chi connectivity index (χ0v) is 18.7. The number of hydrogen-bond acceptors (Lipinski definition) is 5. The van der Waals surface area contributed by atoms with E-state index in [-0.39, 0.29) is 17.2 Å². The average Bonchev–Trinajstić information content (AvgIpc) is 2.83. The van der Waals surface area contributed by atoms with Gasteiger partial charge in [0.2, 0.25) is 5.91 Å². The monoisotopic (exact) mass is 466 g/mol. The van der Waals surface area contributed by atoms with E-state index in [1.807, 2.05) is 30.3 Å². The summed E-state index contributed by atoms with van der Waals surface area (Å²) in [7, 11) is 0. The first-order chi connectivity index (χ1) is 15.9. The minimum Gasteiger partial charge on any atom is -0.449 e. The van der Waals surface area contributed by atoms with Crippen LogP contribution >= 0.6 is 11.8 Å². The fourth-order valence-corrected chi connectivity index (χ4v) is 3.68. The number of anilines is 1. The Labute approximate surface area is 195 Å². The molecule has 1 atom stereocenters. The van der Waals surface area contributed by atoms with E-state index in [9.17, 15) is 18.8 Å². The van der Waals surface area contributed by atoms with Crippen molar-refractivity contribution < 1.29 is 23.5 Å². The lowest BCUT2D eigenvalue weighted by molar-refractivity contribution is -0.129. The smallest absolute Gasteiger partial charge is 0.340 e. The third-order valence-corrected chi connectivity index (χ3v) is 5.63. The first-order valence-electron chi connectivity index (χ1n) is 10.2. The molecule has 0 aliphatic heterocycles. The zero-order valence-electron chi connectivity index (χ0n) is 17.9. The van der Waals surface area contributed by atoms with Crippen LogP contribution in [-0.2, 0) is 20.9 Å². The third-order valence-electron chi connectivity index (χ3n) is 4.56. The molecule has 2 N–H and O–H groups in total. The number of benzene rings is 3. The van der Waals surface area contributed by atoms with Gasteiger partial charge in [0.15, 0.2) is 6.10 Å². The minimum atomic E-state index is -0.985. The summed E-state index contributed by atoms with van der Waals surface area (Å²) in [5, 5.41) is 5.41. The van der Waals surface area contributed by atoms with Gasteiger partial charge in [0.05, 0.1) is 11.3 Å². The second kappa shape index (κ2) is 11.8. The first-order valence-corrected chi connectivity index (χ1v) is 11.2. The summed E-state index contributed by atoms with van der Waals surface area (Å²) in [6.07, 6.45) is -0.985. The number of nitrogens with one attached hydrogen (secondary N) is 2. The van der Waals surface area contributed by atoms with Crippen molar-refractivity contribution in [3.05, 3.63) is 95.8 Å². The van der Waals surface area contributed by atoms with E-state index in [4.69, 9.17) is 4.74 Å². The minimum absolute atomic E-state index is 0.0365. The average molecular weight is 467 g/mol. The normalized spacial score (nSPS) is 11.3. The van der Waals surface area contributed by atoms with Crippen molar-refractivity contribution in [2.45, 2.75) is 24.5 Å².